The summed E-state index contributed by atoms with van der Waals surface area (Å²) >= 11 is 2.14. The van der Waals surface area contributed by atoms with E-state index >= 15 is 0 Å². The van der Waals surface area contributed by atoms with Crippen molar-refractivity contribution >= 4 is 38.7 Å². The Balaban J connectivity index is 2.05. The number of carbonyl (C=O) groups excluding carboxylic acids is 1. The summed E-state index contributed by atoms with van der Waals surface area (Å²) in [6.07, 6.45) is 0. The van der Waals surface area contributed by atoms with Gasteiger partial charge < -0.3 is 4.90 Å². The van der Waals surface area contributed by atoms with Gasteiger partial charge in [0.15, 0.2) is 0 Å². The Morgan fingerprint density at radius 1 is 1.14 bits per heavy atom. The van der Waals surface area contributed by atoms with Gasteiger partial charge in [-0.25, -0.2) is 0 Å². The summed E-state index contributed by atoms with van der Waals surface area (Å²) in [4.78, 5) is 14.2. The summed E-state index contributed by atoms with van der Waals surface area (Å²) in [5.41, 5.74) is 0.669. The molecule has 2 rings (SSSR count). The monoisotopic (exact) mass is 423 g/mol. The first-order valence-corrected chi connectivity index (χ1v) is 9.03. The number of amides is 1. The lowest BCUT2D eigenvalue weighted by Gasteiger charge is -2.35. The van der Waals surface area contributed by atoms with E-state index in [1.54, 1.807) is 11.0 Å². The first-order chi connectivity index (χ1) is 9.84. The van der Waals surface area contributed by atoms with Gasteiger partial charge >= 0.3 is 0 Å². The summed E-state index contributed by atoms with van der Waals surface area (Å²) < 4.78 is 27.6. The van der Waals surface area contributed by atoms with Crippen molar-refractivity contribution in [3.63, 3.8) is 0 Å². The van der Waals surface area contributed by atoms with Crippen molar-refractivity contribution in [3.8, 4) is 0 Å². The minimum atomic E-state index is -3.39. The molecule has 0 atom stereocenters. The van der Waals surface area contributed by atoms with Gasteiger partial charge in [-0.15, -0.1) is 0 Å². The van der Waals surface area contributed by atoms with Gasteiger partial charge in [-0.3, -0.25) is 4.79 Å². The van der Waals surface area contributed by atoms with Crippen LogP contribution in [0, 0.1) is 3.57 Å². The van der Waals surface area contributed by atoms with Crippen LogP contribution in [0.5, 0.6) is 0 Å². The maximum absolute atomic E-state index is 12.5. The van der Waals surface area contributed by atoms with Gasteiger partial charge in [0.05, 0.1) is 5.56 Å². The molecule has 1 aliphatic heterocycles. The minimum Gasteiger partial charge on any atom is -0.336 e. The molecule has 116 valence electrons. The molecule has 0 N–H and O–H groups in total. The minimum absolute atomic E-state index is 0.0399. The summed E-state index contributed by atoms with van der Waals surface area (Å²) in [6, 6.07) is 7.41. The third-order valence-electron chi connectivity index (χ3n) is 3.42. The van der Waals surface area contributed by atoms with Crippen molar-refractivity contribution in [1.29, 1.82) is 0 Å². The Morgan fingerprint density at radius 2 is 1.71 bits per heavy atom. The summed E-state index contributed by atoms with van der Waals surface area (Å²) in [5.74, 6) is -0.0399. The highest BCUT2D eigenvalue weighted by molar-refractivity contribution is 14.1. The molecule has 21 heavy (non-hydrogen) atoms. The lowest BCUT2D eigenvalue weighted by atomic mass is 10.2. The smallest absolute Gasteiger partial charge is 0.281 e. The van der Waals surface area contributed by atoms with Crippen LogP contribution < -0.4 is 0 Å². The first kappa shape index (κ1) is 16.7. The lowest BCUT2D eigenvalue weighted by molar-refractivity contribution is 0.0694. The van der Waals surface area contributed by atoms with E-state index in [0.29, 0.717) is 31.7 Å². The highest BCUT2D eigenvalue weighted by Crippen LogP contribution is 2.16. The number of carbonyl (C=O) groups is 1. The van der Waals surface area contributed by atoms with E-state index in [9.17, 15) is 13.2 Å². The molecule has 1 saturated heterocycles. The van der Waals surface area contributed by atoms with Crippen molar-refractivity contribution in [2.45, 2.75) is 0 Å². The number of hydrogen-bond donors (Lipinski definition) is 0. The fourth-order valence-corrected chi connectivity index (χ4v) is 3.86. The zero-order valence-corrected chi connectivity index (χ0v) is 15.0. The molecular formula is C13H18IN3O3S. The zero-order chi connectivity index (χ0) is 15.6. The lowest BCUT2D eigenvalue weighted by Crippen LogP contribution is -2.53. The van der Waals surface area contributed by atoms with Gasteiger partial charge in [0, 0.05) is 43.8 Å². The Labute approximate surface area is 139 Å². The Kier molecular flexibility index (Phi) is 5.23. The molecule has 1 fully saturated rings. The van der Waals surface area contributed by atoms with E-state index in [0.717, 1.165) is 3.57 Å². The van der Waals surface area contributed by atoms with E-state index in [-0.39, 0.29) is 5.91 Å². The molecule has 0 spiro atoms. The molecule has 8 heteroatoms. The third-order valence-corrected chi connectivity index (χ3v) is 6.30. The van der Waals surface area contributed by atoms with E-state index < -0.39 is 10.2 Å². The average molecular weight is 423 g/mol. The fraction of sp³-hybridized carbons (Fsp3) is 0.462. The fourth-order valence-electron chi connectivity index (χ4n) is 2.16. The molecule has 6 nitrogen and oxygen atoms in total. The van der Waals surface area contributed by atoms with E-state index in [1.807, 2.05) is 18.2 Å². The summed E-state index contributed by atoms with van der Waals surface area (Å²) in [7, 11) is -0.368. The number of nitrogens with zero attached hydrogens (tertiary/aromatic N) is 3. The Bertz CT molecular complexity index is 625. The molecule has 1 aromatic rings. The van der Waals surface area contributed by atoms with E-state index in [1.165, 1.54) is 22.7 Å². The zero-order valence-electron chi connectivity index (χ0n) is 12.0. The van der Waals surface area contributed by atoms with Crippen LogP contribution in [-0.2, 0) is 10.2 Å². The first-order valence-electron chi connectivity index (χ1n) is 6.55. The second-order valence-corrected chi connectivity index (χ2v) is 8.27. The Morgan fingerprint density at radius 3 is 2.24 bits per heavy atom. The molecule has 0 bridgehead atoms. The maximum Gasteiger partial charge on any atom is 0.281 e. The van der Waals surface area contributed by atoms with Crippen molar-refractivity contribution in [2.24, 2.45) is 0 Å². The second kappa shape index (κ2) is 6.59. The van der Waals surface area contributed by atoms with Crippen LogP contribution >= 0.6 is 22.6 Å². The normalized spacial score (nSPS) is 17.2. The number of benzene rings is 1. The van der Waals surface area contributed by atoms with Gasteiger partial charge in [0.2, 0.25) is 0 Å². The Hall–Kier alpha value is -0.710. The van der Waals surface area contributed by atoms with Gasteiger partial charge in [0.25, 0.3) is 16.1 Å². The molecule has 0 aliphatic carbocycles. The topological polar surface area (TPSA) is 60.9 Å². The van der Waals surface area contributed by atoms with Crippen molar-refractivity contribution in [1.82, 2.24) is 13.5 Å². The second-order valence-electron chi connectivity index (χ2n) is 4.96. The van der Waals surface area contributed by atoms with Crippen LogP contribution in [0.4, 0.5) is 0 Å². The number of hydrogen-bond acceptors (Lipinski definition) is 3. The van der Waals surface area contributed by atoms with Gasteiger partial charge in [-0.1, -0.05) is 12.1 Å². The van der Waals surface area contributed by atoms with Crippen LogP contribution in [0.25, 0.3) is 0 Å². The van der Waals surface area contributed by atoms with Crippen LogP contribution in [-0.4, -0.2) is 68.1 Å². The molecule has 1 amide bonds. The highest BCUT2D eigenvalue weighted by atomic mass is 127. The van der Waals surface area contributed by atoms with Crippen LogP contribution in [0.2, 0.25) is 0 Å². The third kappa shape index (κ3) is 3.55. The number of halogens is 1. The molecule has 0 aromatic heterocycles. The van der Waals surface area contributed by atoms with E-state index in [4.69, 9.17) is 0 Å². The van der Waals surface area contributed by atoms with Gasteiger partial charge in [-0.05, 0) is 34.7 Å². The van der Waals surface area contributed by atoms with Crippen molar-refractivity contribution < 1.29 is 13.2 Å². The molecule has 0 unspecified atom stereocenters. The maximum atomic E-state index is 12.5. The average Bonchev–Trinajstić information content (AvgIpc) is 2.47. The quantitative estimate of drug-likeness (QED) is 0.678. The standard InChI is InChI=1S/C13H18IN3O3S/c1-15(2)21(19,20)17-9-7-16(8-10-17)13(18)11-5-3-4-6-12(11)14/h3-6H,7-10H2,1-2H3. The molecular weight excluding hydrogens is 405 g/mol. The molecule has 0 saturated carbocycles. The van der Waals surface area contributed by atoms with E-state index in [2.05, 4.69) is 22.6 Å². The SMILES string of the molecule is CN(C)S(=O)(=O)N1CCN(C(=O)c2ccccc2I)CC1. The molecule has 1 aromatic carbocycles. The van der Waals surface area contributed by atoms with Crippen molar-refractivity contribution in [2.75, 3.05) is 40.3 Å². The van der Waals surface area contributed by atoms with Crippen LogP contribution in [0.3, 0.4) is 0 Å². The van der Waals surface area contributed by atoms with Gasteiger partial charge in [0.1, 0.15) is 0 Å². The predicted octanol–water partition coefficient (Wildman–Crippen LogP) is 0.855. The largest absolute Gasteiger partial charge is 0.336 e. The molecule has 1 aliphatic rings. The van der Waals surface area contributed by atoms with Crippen LogP contribution in [0.15, 0.2) is 24.3 Å². The number of piperazine rings is 1. The molecule has 0 radical (unpaired) electrons. The molecule has 1 heterocycles. The van der Waals surface area contributed by atoms with Crippen LogP contribution in [0.1, 0.15) is 10.4 Å². The highest BCUT2D eigenvalue weighted by Gasteiger charge is 2.30. The predicted molar refractivity (Wildman–Crippen MR) is 89.2 cm³/mol. The van der Waals surface area contributed by atoms with Crippen molar-refractivity contribution in [3.05, 3.63) is 33.4 Å². The summed E-state index contributed by atoms with van der Waals surface area (Å²) in [6.45, 7) is 1.49. The number of rotatable bonds is 3. The van der Waals surface area contributed by atoms with Gasteiger partial charge in [-0.2, -0.15) is 17.0 Å². The summed E-state index contributed by atoms with van der Waals surface area (Å²) in [5, 5.41) is 0.